The number of β-lactam (4-membered cyclic amide) rings is 1. The molecule has 3 aliphatic heterocycles. The first kappa shape index (κ1) is 26.8. The number of hydrogen-bond donors (Lipinski definition) is 1. The van der Waals surface area contributed by atoms with E-state index in [9.17, 15) is 14.7 Å². The summed E-state index contributed by atoms with van der Waals surface area (Å²) in [6.07, 6.45) is 2.63. The number of ether oxygens (including phenoxy) is 1. The summed E-state index contributed by atoms with van der Waals surface area (Å²) in [5, 5.41) is 17.4. The van der Waals surface area contributed by atoms with Crippen molar-refractivity contribution < 1.29 is 23.5 Å². The Labute approximate surface area is 233 Å². The smallest absolute Gasteiger partial charge is 0.268 e. The molecule has 3 aromatic rings. The highest BCUT2D eigenvalue weighted by Gasteiger charge is 2.67. The Balaban J connectivity index is 1.42. The Morgan fingerprint density at radius 2 is 1.93 bits per heavy atom. The zero-order valence-electron chi connectivity index (χ0n) is 23.0. The average molecular weight is 564 g/mol. The molecular weight excluding hydrogens is 529 g/mol. The average Bonchev–Trinajstić information content (AvgIpc) is 3.56. The van der Waals surface area contributed by atoms with Gasteiger partial charge in [-0.3, -0.25) is 19.2 Å². The Bertz CT molecular complexity index is 1440. The van der Waals surface area contributed by atoms with Gasteiger partial charge in [-0.1, -0.05) is 30.3 Å². The molecule has 210 valence electrons. The molecule has 4 heterocycles. The van der Waals surface area contributed by atoms with Gasteiger partial charge in [-0.15, -0.1) is 5.10 Å². The van der Waals surface area contributed by atoms with Crippen molar-refractivity contribution in [3.63, 3.8) is 0 Å². The topological polar surface area (TPSA) is 101 Å². The molecule has 3 aliphatic rings. The largest absolute Gasteiger partial charge is 0.396 e. The number of amides is 2. The highest BCUT2D eigenvalue weighted by Crippen LogP contribution is 2.61. The van der Waals surface area contributed by atoms with E-state index in [1.165, 1.54) is 0 Å². The van der Waals surface area contributed by atoms with E-state index >= 15 is 4.11 Å². The fourth-order valence-corrected chi connectivity index (χ4v) is 9.30. The summed E-state index contributed by atoms with van der Waals surface area (Å²) in [4.78, 5) is 30.2. The number of aliphatic hydroxyl groups excluding tert-OH is 1. The quantitative estimate of drug-likeness (QED) is 0.252. The molecule has 4 atom stereocenters. The standard InChI is InChI=1S/C29H34FN5O4Si/c1-19-27(40(2,3)30)25(11-14-33-18-20(13-16-36)31-32-33)39-29(19)23-17-22(34-15-12-26(34)37)9-10-24(23)35(28(29)38)21-7-5-4-6-8-21/h4-10,17-19,25,27,36H,11-16H2,1-3H3/t19-,25+,27-,29+/m0/s1. The SMILES string of the molecule is C[C@H]1[C@H]([Si](C)(C)F)[C@@H](CCn2cc(CCO)nn2)O[C@]12C(=O)N(c1ccccc1)c1ccc(N3CCC3=O)cc12. The number of aromatic nitrogens is 3. The van der Waals surface area contributed by atoms with Gasteiger partial charge in [-0.2, -0.15) is 0 Å². The van der Waals surface area contributed by atoms with Crippen LogP contribution in [0, 0.1) is 5.92 Å². The number of aryl methyl sites for hydroxylation is 1. The number of rotatable bonds is 8. The summed E-state index contributed by atoms with van der Waals surface area (Å²) in [7, 11) is -3.32. The van der Waals surface area contributed by atoms with Crippen molar-refractivity contribution >= 4 is 37.3 Å². The molecular formula is C29H34FN5O4Si. The first-order valence-corrected chi connectivity index (χ1v) is 16.8. The molecule has 0 bridgehead atoms. The highest BCUT2D eigenvalue weighted by atomic mass is 28.4. The van der Waals surface area contributed by atoms with E-state index in [1.807, 2.05) is 55.5 Å². The summed E-state index contributed by atoms with van der Waals surface area (Å²) in [5.41, 5.74) is 1.67. The van der Waals surface area contributed by atoms with Crippen LogP contribution in [0.1, 0.15) is 31.0 Å². The van der Waals surface area contributed by atoms with Gasteiger partial charge in [0, 0.05) is 67.1 Å². The molecule has 1 N–H and O–H groups in total. The minimum Gasteiger partial charge on any atom is -0.396 e. The Kier molecular flexibility index (Phi) is 6.63. The van der Waals surface area contributed by atoms with Crippen LogP contribution in [0.2, 0.25) is 18.6 Å². The van der Waals surface area contributed by atoms with Gasteiger partial charge in [0.2, 0.25) is 14.3 Å². The van der Waals surface area contributed by atoms with Crippen LogP contribution in [0.15, 0.2) is 54.7 Å². The van der Waals surface area contributed by atoms with Gasteiger partial charge in [0.15, 0.2) is 5.60 Å². The van der Waals surface area contributed by atoms with Crippen LogP contribution < -0.4 is 9.80 Å². The number of anilines is 3. The van der Waals surface area contributed by atoms with E-state index in [4.69, 9.17) is 4.74 Å². The van der Waals surface area contributed by atoms with Crippen molar-refractivity contribution in [2.45, 2.75) is 63.1 Å². The van der Waals surface area contributed by atoms with Gasteiger partial charge in [0.1, 0.15) is 0 Å². The summed E-state index contributed by atoms with van der Waals surface area (Å²) in [6.45, 7) is 6.36. The maximum absolute atomic E-state index is 16.1. The molecule has 0 saturated carbocycles. The third kappa shape index (κ3) is 4.18. The third-order valence-corrected chi connectivity index (χ3v) is 11.1. The Morgan fingerprint density at radius 1 is 1.15 bits per heavy atom. The molecule has 0 aliphatic carbocycles. The summed E-state index contributed by atoms with van der Waals surface area (Å²) in [6, 6.07) is 15.1. The number of carbonyl (C=O) groups is 2. The van der Waals surface area contributed by atoms with Crippen LogP contribution in [0.4, 0.5) is 21.2 Å². The number of carbonyl (C=O) groups excluding carboxylic acids is 2. The van der Waals surface area contributed by atoms with Crippen LogP contribution >= 0.6 is 0 Å². The lowest BCUT2D eigenvalue weighted by molar-refractivity contribution is -0.145. The van der Waals surface area contributed by atoms with Crippen LogP contribution in [0.3, 0.4) is 0 Å². The second kappa shape index (κ2) is 9.90. The number of benzene rings is 2. The van der Waals surface area contributed by atoms with Crippen molar-refractivity contribution in [1.29, 1.82) is 0 Å². The molecule has 2 fully saturated rings. The molecule has 2 saturated heterocycles. The van der Waals surface area contributed by atoms with E-state index in [2.05, 4.69) is 10.3 Å². The lowest BCUT2D eigenvalue weighted by atomic mass is 9.82. The third-order valence-electron chi connectivity index (χ3n) is 8.63. The molecule has 0 radical (unpaired) electrons. The second-order valence-corrected chi connectivity index (χ2v) is 15.3. The van der Waals surface area contributed by atoms with Crippen molar-refractivity contribution in [2.24, 2.45) is 5.92 Å². The maximum atomic E-state index is 16.1. The molecule has 2 amide bonds. The predicted molar refractivity (Wildman–Crippen MR) is 150 cm³/mol. The number of para-hydroxylation sites is 1. The number of nitrogens with zero attached hydrogens (tertiary/aromatic N) is 5. The summed E-state index contributed by atoms with van der Waals surface area (Å²) in [5.74, 6) is -0.628. The lowest BCUT2D eigenvalue weighted by Crippen LogP contribution is -2.45. The molecule has 0 unspecified atom stereocenters. The first-order valence-electron chi connectivity index (χ1n) is 13.9. The molecule has 6 rings (SSSR count). The van der Waals surface area contributed by atoms with Crippen LogP contribution in [-0.4, -0.2) is 59.6 Å². The number of fused-ring (bicyclic) bond motifs is 2. The van der Waals surface area contributed by atoms with E-state index in [0.717, 1.165) is 5.69 Å². The van der Waals surface area contributed by atoms with E-state index in [-0.39, 0.29) is 18.4 Å². The highest BCUT2D eigenvalue weighted by molar-refractivity contribution is 6.72. The molecule has 40 heavy (non-hydrogen) atoms. The fraction of sp³-hybridized carbons (Fsp3) is 0.448. The van der Waals surface area contributed by atoms with Crippen molar-refractivity contribution in [3.05, 3.63) is 66.0 Å². The maximum Gasteiger partial charge on any atom is 0.268 e. The van der Waals surface area contributed by atoms with Gasteiger partial charge < -0.3 is 18.9 Å². The van der Waals surface area contributed by atoms with Crippen LogP contribution in [0.25, 0.3) is 0 Å². The van der Waals surface area contributed by atoms with Crippen molar-refractivity contribution in [2.75, 3.05) is 23.0 Å². The van der Waals surface area contributed by atoms with Crippen molar-refractivity contribution in [1.82, 2.24) is 15.0 Å². The van der Waals surface area contributed by atoms with Gasteiger partial charge in [-0.05, 0) is 49.8 Å². The second-order valence-electron chi connectivity index (χ2n) is 11.5. The van der Waals surface area contributed by atoms with E-state index in [1.54, 1.807) is 33.8 Å². The van der Waals surface area contributed by atoms with E-state index < -0.39 is 31.6 Å². The summed E-state index contributed by atoms with van der Waals surface area (Å²) < 4.78 is 24.6. The van der Waals surface area contributed by atoms with Crippen LogP contribution in [0.5, 0.6) is 0 Å². The van der Waals surface area contributed by atoms with Gasteiger partial charge in [0.25, 0.3) is 5.91 Å². The van der Waals surface area contributed by atoms with E-state index in [0.29, 0.717) is 55.0 Å². The molecule has 2 aromatic carbocycles. The molecule has 11 heteroatoms. The molecule has 1 aromatic heterocycles. The summed E-state index contributed by atoms with van der Waals surface area (Å²) >= 11 is 0. The van der Waals surface area contributed by atoms with Gasteiger partial charge in [-0.25, -0.2) is 0 Å². The molecule has 9 nitrogen and oxygen atoms in total. The zero-order valence-corrected chi connectivity index (χ0v) is 24.0. The number of halogens is 1. The van der Waals surface area contributed by atoms with Crippen molar-refractivity contribution in [3.8, 4) is 0 Å². The van der Waals surface area contributed by atoms with Gasteiger partial charge >= 0.3 is 0 Å². The zero-order chi connectivity index (χ0) is 28.2. The Hall–Kier alpha value is -3.41. The minimum absolute atomic E-state index is 0.0153. The predicted octanol–water partition coefficient (Wildman–Crippen LogP) is 4.09. The normalized spacial score (nSPS) is 26.1. The fourth-order valence-electron chi connectivity index (χ4n) is 6.76. The lowest BCUT2D eigenvalue weighted by Gasteiger charge is -2.33. The number of hydrogen-bond acceptors (Lipinski definition) is 6. The first-order chi connectivity index (χ1) is 19.1. The minimum atomic E-state index is -3.32. The number of aliphatic hydroxyl groups is 1. The Morgan fingerprint density at radius 3 is 2.58 bits per heavy atom. The van der Waals surface area contributed by atoms with Gasteiger partial charge in [0.05, 0.1) is 17.5 Å². The molecule has 1 spiro atoms. The van der Waals surface area contributed by atoms with Crippen LogP contribution in [-0.2, 0) is 32.9 Å². The monoisotopic (exact) mass is 563 g/mol.